The third-order valence-corrected chi connectivity index (χ3v) is 10.5. The maximum absolute atomic E-state index is 2.54. The highest BCUT2D eigenvalue weighted by Crippen LogP contribution is 2.49. The molecule has 1 aliphatic heterocycles. The Morgan fingerprint density at radius 1 is 0.440 bits per heavy atom. The molecule has 2 nitrogen and oxygen atoms in total. The standard InChI is InChI=1S/C48H34N2/c1-3-13-33(14-4-1)35-17-11-19-39(29-35)49-45-23-9-7-21-41(45)43-31-37(25-27-47(43)49)38-26-28-48-44(32-38)42-22-8-10-24-46(42)50(48)40-20-12-18-36(30-40)34-15-5-2-6-16-34/h1-27,29-32,48H,28H2. The zero-order valence-electron chi connectivity index (χ0n) is 27.6. The second-order valence-electron chi connectivity index (χ2n) is 13.3. The monoisotopic (exact) mass is 638 g/mol. The topological polar surface area (TPSA) is 8.17 Å². The molecule has 0 spiro atoms. The van der Waals surface area contributed by atoms with Gasteiger partial charge in [0, 0.05) is 33.4 Å². The van der Waals surface area contributed by atoms with Crippen LogP contribution in [0.4, 0.5) is 11.4 Å². The number of aromatic nitrogens is 1. The van der Waals surface area contributed by atoms with Gasteiger partial charge in [-0.25, -0.2) is 0 Å². The molecule has 0 N–H and O–H groups in total. The number of hydrogen-bond acceptors (Lipinski definition) is 1. The summed E-state index contributed by atoms with van der Waals surface area (Å²) in [5, 5.41) is 2.54. The van der Waals surface area contributed by atoms with E-state index in [1.807, 2.05) is 0 Å². The van der Waals surface area contributed by atoms with Gasteiger partial charge in [0.05, 0.1) is 17.1 Å². The zero-order chi connectivity index (χ0) is 33.0. The second kappa shape index (κ2) is 11.6. The fraction of sp³-hybridized carbons (Fsp3) is 0.0417. The Bertz CT molecular complexity index is 2620. The van der Waals surface area contributed by atoms with E-state index in [1.165, 1.54) is 83.4 Å². The predicted octanol–water partition coefficient (Wildman–Crippen LogP) is 12.5. The third-order valence-electron chi connectivity index (χ3n) is 10.5. The van der Waals surface area contributed by atoms with Gasteiger partial charge in [0.15, 0.2) is 0 Å². The highest BCUT2D eigenvalue weighted by Gasteiger charge is 2.36. The van der Waals surface area contributed by atoms with E-state index in [0.717, 1.165) is 6.42 Å². The first-order valence-corrected chi connectivity index (χ1v) is 17.5. The van der Waals surface area contributed by atoms with Gasteiger partial charge in [-0.1, -0.05) is 133 Å². The molecular weight excluding hydrogens is 605 g/mol. The average Bonchev–Trinajstić information content (AvgIpc) is 3.71. The summed E-state index contributed by atoms with van der Waals surface area (Å²) < 4.78 is 2.42. The van der Waals surface area contributed by atoms with Crippen LogP contribution in [-0.2, 0) is 0 Å². The molecule has 1 aliphatic carbocycles. The van der Waals surface area contributed by atoms with Crippen molar-refractivity contribution in [1.82, 2.24) is 4.57 Å². The first-order chi connectivity index (χ1) is 24.8. The summed E-state index contributed by atoms with van der Waals surface area (Å²) in [6, 6.07) is 64.2. The minimum absolute atomic E-state index is 0.254. The van der Waals surface area contributed by atoms with E-state index in [1.54, 1.807) is 0 Å². The summed E-state index contributed by atoms with van der Waals surface area (Å²) >= 11 is 0. The zero-order valence-corrected chi connectivity index (χ0v) is 27.6. The number of hydrogen-bond donors (Lipinski definition) is 0. The van der Waals surface area contributed by atoms with Crippen molar-refractivity contribution in [3.63, 3.8) is 0 Å². The van der Waals surface area contributed by atoms with Gasteiger partial charge in [0.25, 0.3) is 0 Å². The summed E-state index contributed by atoms with van der Waals surface area (Å²) in [6.07, 6.45) is 5.83. The molecule has 7 aromatic carbocycles. The first kappa shape index (κ1) is 28.6. The van der Waals surface area contributed by atoms with Crippen molar-refractivity contribution in [2.45, 2.75) is 12.5 Å². The van der Waals surface area contributed by atoms with E-state index in [0.29, 0.717) is 0 Å². The Morgan fingerprint density at radius 3 is 1.84 bits per heavy atom. The number of allylic oxidation sites excluding steroid dienone is 2. The fourth-order valence-electron chi connectivity index (χ4n) is 8.16. The summed E-state index contributed by atoms with van der Waals surface area (Å²) in [6.45, 7) is 0. The Labute approximate surface area is 292 Å². The first-order valence-electron chi connectivity index (χ1n) is 17.5. The second-order valence-corrected chi connectivity index (χ2v) is 13.3. The van der Waals surface area contributed by atoms with Crippen molar-refractivity contribution >= 4 is 44.3 Å². The SMILES string of the molecule is C1=C(c2ccc3c(c2)c2ccccc2n3-c2cccc(-c3ccccc3)c2)C=C2c3ccccc3N(c3cccc(-c4ccccc4)c3)C2C1. The van der Waals surface area contributed by atoms with E-state index in [9.17, 15) is 0 Å². The molecule has 8 aromatic rings. The summed E-state index contributed by atoms with van der Waals surface area (Å²) in [7, 11) is 0. The van der Waals surface area contributed by atoms with Crippen LogP contribution < -0.4 is 4.90 Å². The molecule has 2 heterocycles. The molecule has 1 atom stereocenters. The van der Waals surface area contributed by atoms with E-state index < -0.39 is 0 Å². The van der Waals surface area contributed by atoms with Crippen molar-refractivity contribution in [3.8, 4) is 27.9 Å². The number of anilines is 2. The molecule has 236 valence electrons. The lowest BCUT2D eigenvalue weighted by Crippen LogP contribution is -2.27. The normalized spacial score (nSPS) is 15.1. The van der Waals surface area contributed by atoms with Gasteiger partial charge in [0.1, 0.15) is 0 Å². The minimum atomic E-state index is 0.254. The van der Waals surface area contributed by atoms with Gasteiger partial charge in [0.2, 0.25) is 0 Å². The van der Waals surface area contributed by atoms with E-state index in [2.05, 4.69) is 198 Å². The number of para-hydroxylation sites is 2. The van der Waals surface area contributed by atoms with Gasteiger partial charge < -0.3 is 9.47 Å². The molecule has 2 heteroatoms. The summed E-state index contributed by atoms with van der Waals surface area (Å²) in [5.74, 6) is 0. The van der Waals surface area contributed by atoms with Crippen LogP contribution in [0.25, 0.3) is 60.9 Å². The Kier molecular flexibility index (Phi) is 6.67. The van der Waals surface area contributed by atoms with Crippen LogP contribution in [0.3, 0.4) is 0 Å². The highest BCUT2D eigenvalue weighted by atomic mass is 15.2. The number of benzene rings is 7. The molecule has 0 radical (unpaired) electrons. The highest BCUT2D eigenvalue weighted by molar-refractivity contribution is 6.11. The molecule has 2 aliphatic rings. The molecule has 0 saturated heterocycles. The van der Waals surface area contributed by atoms with Crippen molar-refractivity contribution in [1.29, 1.82) is 0 Å². The molecular formula is C48H34N2. The lowest BCUT2D eigenvalue weighted by atomic mass is 9.89. The molecule has 0 saturated carbocycles. The Hall–Kier alpha value is -6.38. The van der Waals surface area contributed by atoms with Crippen LogP contribution in [0.2, 0.25) is 0 Å². The Morgan fingerprint density at radius 2 is 1.06 bits per heavy atom. The number of fused-ring (bicyclic) bond motifs is 6. The molecule has 10 rings (SSSR count). The molecule has 1 unspecified atom stereocenters. The van der Waals surface area contributed by atoms with Gasteiger partial charge in [-0.15, -0.1) is 0 Å². The number of nitrogens with zero attached hydrogens (tertiary/aromatic N) is 2. The van der Waals surface area contributed by atoms with Gasteiger partial charge >= 0.3 is 0 Å². The van der Waals surface area contributed by atoms with Crippen molar-refractivity contribution in [2.24, 2.45) is 0 Å². The van der Waals surface area contributed by atoms with Gasteiger partial charge in [-0.3, -0.25) is 0 Å². The lowest BCUT2D eigenvalue weighted by molar-refractivity contribution is 0.831. The predicted molar refractivity (Wildman–Crippen MR) is 211 cm³/mol. The van der Waals surface area contributed by atoms with Gasteiger partial charge in [-0.05, 0) is 100.0 Å². The van der Waals surface area contributed by atoms with Crippen LogP contribution in [-0.4, -0.2) is 10.6 Å². The molecule has 50 heavy (non-hydrogen) atoms. The van der Waals surface area contributed by atoms with Crippen molar-refractivity contribution < 1.29 is 0 Å². The molecule has 0 fully saturated rings. The maximum Gasteiger partial charge on any atom is 0.0633 e. The third kappa shape index (κ3) is 4.64. The van der Waals surface area contributed by atoms with Crippen LogP contribution in [0.1, 0.15) is 17.5 Å². The van der Waals surface area contributed by atoms with Crippen LogP contribution >= 0.6 is 0 Å². The molecule has 0 bridgehead atoms. The lowest BCUT2D eigenvalue weighted by Gasteiger charge is -2.30. The van der Waals surface area contributed by atoms with Crippen LogP contribution in [0.15, 0.2) is 188 Å². The molecule has 0 amide bonds. The summed E-state index contributed by atoms with van der Waals surface area (Å²) in [5.41, 5.74) is 16.3. The smallest absolute Gasteiger partial charge is 0.0633 e. The van der Waals surface area contributed by atoms with Crippen molar-refractivity contribution in [3.05, 3.63) is 199 Å². The Balaban J connectivity index is 1.05. The van der Waals surface area contributed by atoms with Crippen LogP contribution in [0, 0.1) is 0 Å². The minimum Gasteiger partial charge on any atom is -0.333 e. The largest absolute Gasteiger partial charge is 0.333 e. The number of rotatable bonds is 5. The quantitative estimate of drug-likeness (QED) is 0.182. The maximum atomic E-state index is 2.54. The summed E-state index contributed by atoms with van der Waals surface area (Å²) in [4.78, 5) is 2.54. The van der Waals surface area contributed by atoms with E-state index in [-0.39, 0.29) is 6.04 Å². The van der Waals surface area contributed by atoms with Gasteiger partial charge in [-0.2, -0.15) is 0 Å². The molecule has 1 aromatic heterocycles. The fourth-order valence-corrected chi connectivity index (χ4v) is 8.16. The van der Waals surface area contributed by atoms with E-state index in [4.69, 9.17) is 0 Å². The average molecular weight is 639 g/mol. The van der Waals surface area contributed by atoms with Crippen LogP contribution in [0.5, 0.6) is 0 Å². The van der Waals surface area contributed by atoms with Crippen molar-refractivity contribution in [2.75, 3.05) is 4.90 Å². The van der Waals surface area contributed by atoms with E-state index >= 15 is 0 Å².